The summed E-state index contributed by atoms with van der Waals surface area (Å²) in [5.74, 6) is -2.97. The van der Waals surface area contributed by atoms with Gasteiger partial charge >= 0.3 is 0 Å². The molecule has 1 aliphatic heterocycles. The van der Waals surface area contributed by atoms with Gasteiger partial charge in [-0.3, -0.25) is 0 Å². The fourth-order valence-electron chi connectivity index (χ4n) is 2.10. The van der Waals surface area contributed by atoms with Crippen LogP contribution in [0.4, 0.5) is 8.78 Å². The van der Waals surface area contributed by atoms with E-state index in [2.05, 4.69) is 0 Å². The van der Waals surface area contributed by atoms with Crippen molar-refractivity contribution >= 4 is 0 Å². The molecule has 0 bridgehead atoms. The van der Waals surface area contributed by atoms with Crippen molar-refractivity contribution in [3.05, 3.63) is 0 Å². The summed E-state index contributed by atoms with van der Waals surface area (Å²) >= 11 is 0. The van der Waals surface area contributed by atoms with E-state index in [-0.39, 0.29) is 0 Å². The molecule has 0 N–H and O–H groups in total. The highest BCUT2D eigenvalue weighted by atomic mass is 19.3. The number of alkyl halides is 2. The van der Waals surface area contributed by atoms with Gasteiger partial charge in [-0.1, -0.05) is 19.3 Å². The molecule has 1 rings (SSSR count). The summed E-state index contributed by atoms with van der Waals surface area (Å²) in [6.45, 7) is 2.57. The molecule has 3 heteroatoms. The van der Waals surface area contributed by atoms with Crippen molar-refractivity contribution in [3.63, 3.8) is 0 Å². The summed E-state index contributed by atoms with van der Waals surface area (Å²) in [4.78, 5) is 2.05. The molecule has 84 valence electrons. The second kappa shape index (κ2) is 5.06. The molecule has 0 unspecified atom stereocenters. The highest BCUT2D eigenvalue weighted by molar-refractivity contribution is 4.76. The van der Waals surface area contributed by atoms with Crippen LogP contribution in [0, 0.1) is 5.92 Å². The van der Waals surface area contributed by atoms with Crippen LogP contribution in [0.25, 0.3) is 0 Å². The molecular weight excluding hydrogens is 184 g/mol. The third-order valence-electron chi connectivity index (χ3n) is 3.09. The summed E-state index contributed by atoms with van der Waals surface area (Å²) in [7, 11) is 1.95. The van der Waals surface area contributed by atoms with Gasteiger partial charge in [0, 0.05) is 12.5 Å². The summed E-state index contributed by atoms with van der Waals surface area (Å²) in [5.41, 5.74) is 0. The lowest BCUT2D eigenvalue weighted by Crippen LogP contribution is -2.35. The maximum atomic E-state index is 13.2. The summed E-state index contributed by atoms with van der Waals surface area (Å²) in [6, 6.07) is 0. The molecule has 1 heterocycles. The lowest BCUT2D eigenvalue weighted by molar-refractivity contribution is -0.0523. The molecular formula is C11H21F2N. The minimum absolute atomic E-state index is 0.453. The minimum atomic E-state index is -2.52. The molecule has 1 aliphatic rings. The molecule has 0 aromatic heterocycles. The Morgan fingerprint density at radius 1 is 1.14 bits per heavy atom. The number of hydrogen-bond donors (Lipinski definition) is 0. The van der Waals surface area contributed by atoms with Gasteiger partial charge in [0.05, 0.1) is 0 Å². The van der Waals surface area contributed by atoms with Crippen molar-refractivity contribution in [2.75, 3.05) is 20.1 Å². The second-order valence-electron chi connectivity index (χ2n) is 4.62. The summed E-state index contributed by atoms with van der Waals surface area (Å²) in [6.07, 6.45) is 5.08. The van der Waals surface area contributed by atoms with E-state index in [1.54, 1.807) is 0 Å². The molecule has 1 fully saturated rings. The Morgan fingerprint density at radius 2 is 1.79 bits per heavy atom. The van der Waals surface area contributed by atoms with E-state index >= 15 is 0 Å². The summed E-state index contributed by atoms with van der Waals surface area (Å²) in [5, 5.41) is 0. The van der Waals surface area contributed by atoms with Gasteiger partial charge in [-0.05, 0) is 33.4 Å². The zero-order valence-electron chi connectivity index (χ0n) is 9.23. The Labute approximate surface area is 85.5 Å². The molecule has 1 nitrogen and oxygen atoms in total. The van der Waals surface area contributed by atoms with E-state index in [1.165, 1.54) is 6.42 Å². The van der Waals surface area contributed by atoms with Crippen molar-refractivity contribution < 1.29 is 8.78 Å². The second-order valence-corrected chi connectivity index (χ2v) is 4.62. The van der Waals surface area contributed by atoms with Crippen LogP contribution >= 0.6 is 0 Å². The van der Waals surface area contributed by atoms with Crippen LogP contribution in [-0.2, 0) is 0 Å². The van der Waals surface area contributed by atoms with Crippen LogP contribution in [0.1, 0.15) is 39.0 Å². The third kappa shape index (κ3) is 3.91. The number of nitrogens with zero attached hydrogens (tertiary/aromatic N) is 1. The van der Waals surface area contributed by atoms with Crippen molar-refractivity contribution in [2.24, 2.45) is 5.92 Å². The van der Waals surface area contributed by atoms with Crippen molar-refractivity contribution in [1.82, 2.24) is 4.90 Å². The molecule has 0 aromatic carbocycles. The van der Waals surface area contributed by atoms with Crippen molar-refractivity contribution in [2.45, 2.75) is 45.0 Å². The van der Waals surface area contributed by atoms with Crippen LogP contribution < -0.4 is 0 Å². The van der Waals surface area contributed by atoms with E-state index < -0.39 is 11.8 Å². The van der Waals surface area contributed by atoms with Crippen molar-refractivity contribution in [3.8, 4) is 0 Å². The standard InChI is InChI=1S/C11H21F2N/c1-11(12,13)10-7-5-3-4-6-8-14(2)9-10/h10H,3-9H2,1-2H3/t10-/m0/s1. The van der Waals surface area contributed by atoms with E-state index in [0.29, 0.717) is 13.0 Å². The SMILES string of the molecule is CN1CCCCCC[C@H](C(C)(F)F)C1. The van der Waals surface area contributed by atoms with Crippen molar-refractivity contribution in [1.29, 1.82) is 0 Å². The fourth-order valence-corrected chi connectivity index (χ4v) is 2.10. The monoisotopic (exact) mass is 205 g/mol. The first kappa shape index (κ1) is 11.9. The van der Waals surface area contributed by atoms with Gasteiger partial charge in [0.1, 0.15) is 0 Å². The number of hydrogen-bond acceptors (Lipinski definition) is 1. The summed E-state index contributed by atoms with van der Waals surface area (Å²) < 4.78 is 26.4. The fraction of sp³-hybridized carbons (Fsp3) is 1.00. The quantitative estimate of drug-likeness (QED) is 0.635. The van der Waals surface area contributed by atoms with Gasteiger partial charge in [-0.25, -0.2) is 8.78 Å². The number of halogens is 2. The van der Waals surface area contributed by atoms with E-state index in [4.69, 9.17) is 0 Å². The molecule has 0 aliphatic carbocycles. The van der Waals surface area contributed by atoms with Crippen LogP contribution in [0.2, 0.25) is 0 Å². The maximum absolute atomic E-state index is 13.2. The first-order valence-electron chi connectivity index (χ1n) is 5.56. The lowest BCUT2D eigenvalue weighted by atomic mass is 9.95. The van der Waals surface area contributed by atoms with Crippen LogP contribution in [0.5, 0.6) is 0 Å². The highest BCUT2D eigenvalue weighted by Crippen LogP contribution is 2.30. The molecule has 14 heavy (non-hydrogen) atoms. The maximum Gasteiger partial charge on any atom is 0.249 e. The highest BCUT2D eigenvalue weighted by Gasteiger charge is 2.34. The molecule has 0 amide bonds. The largest absolute Gasteiger partial charge is 0.306 e. The smallest absolute Gasteiger partial charge is 0.249 e. The molecule has 0 spiro atoms. The Balaban J connectivity index is 2.53. The normalized spacial score (nSPS) is 27.9. The molecule has 0 saturated carbocycles. The zero-order chi connectivity index (χ0) is 10.6. The van der Waals surface area contributed by atoms with Crippen LogP contribution in [0.3, 0.4) is 0 Å². The van der Waals surface area contributed by atoms with Gasteiger partial charge in [0.2, 0.25) is 5.92 Å². The Bertz CT molecular complexity index is 165. The van der Waals surface area contributed by atoms with Gasteiger partial charge < -0.3 is 4.90 Å². The Kier molecular flexibility index (Phi) is 4.30. The molecule has 0 aromatic rings. The molecule has 1 atom stereocenters. The van der Waals surface area contributed by atoms with E-state index in [9.17, 15) is 8.78 Å². The zero-order valence-corrected chi connectivity index (χ0v) is 9.23. The van der Waals surface area contributed by atoms with Gasteiger partial charge in [-0.2, -0.15) is 0 Å². The Morgan fingerprint density at radius 3 is 2.43 bits per heavy atom. The molecule has 1 saturated heterocycles. The predicted molar refractivity (Wildman–Crippen MR) is 54.7 cm³/mol. The molecule has 0 radical (unpaired) electrons. The Hall–Kier alpha value is -0.180. The average Bonchev–Trinajstić information content (AvgIpc) is 2.15. The van der Waals surface area contributed by atoms with E-state index in [1.807, 2.05) is 11.9 Å². The average molecular weight is 205 g/mol. The van der Waals surface area contributed by atoms with Gasteiger partial charge in [0.25, 0.3) is 0 Å². The number of rotatable bonds is 1. The topological polar surface area (TPSA) is 3.24 Å². The van der Waals surface area contributed by atoms with Gasteiger partial charge in [0.15, 0.2) is 0 Å². The predicted octanol–water partition coefficient (Wildman–Crippen LogP) is 3.15. The minimum Gasteiger partial charge on any atom is -0.306 e. The first-order valence-corrected chi connectivity index (χ1v) is 5.56. The van der Waals surface area contributed by atoms with Crippen LogP contribution in [-0.4, -0.2) is 31.0 Å². The van der Waals surface area contributed by atoms with E-state index in [0.717, 1.165) is 32.7 Å². The lowest BCUT2D eigenvalue weighted by Gasteiger charge is -2.27. The van der Waals surface area contributed by atoms with Crippen LogP contribution in [0.15, 0.2) is 0 Å². The van der Waals surface area contributed by atoms with Gasteiger partial charge in [-0.15, -0.1) is 0 Å². The third-order valence-corrected chi connectivity index (χ3v) is 3.09. The first-order chi connectivity index (χ1) is 6.50.